The van der Waals surface area contributed by atoms with E-state index in [0.717, 1.165) is 5.56 Å². The lowest BCUT2D eigenvalue weighted by Gasteiger charge is -2.37. The number of methoxy groups -OCH3 is 2. The van der Waals surface area contributed by atoms with Crippen LogP contribution >= 0.6 is 0 Å². The topological polar surface area (TPSA) is 117 Å². The molecule has 1 heterocycles. The van der Waals surface area contributed by atoms with Gasteiger partial charge in [-0.25, -0.2) is 4.79 Å². The molecule has 2 aromatic rings. The normalized spacial score (nSPS) is 19.9. The number of nitrogens with zero attached hydrogens (tertiary/aromatic N) is 1. The maximum atomic E-state index is 13.8. The number of Topliss-reactive ketones (excluding diaryl/α,β-unsaturated/α-hetero) is 1. The molecule has 200 valence electrons. The number of nitro benzene ring substituents is 1. The van der Waals surface area contributed by atoms with Crippen molar-refractivity contribution in [2.75, 3.05) is 14.2 Å². The molecule has 1 aliphatic heterocycles. The first-order valence-corrected chi connectivity index (χ1v) is 12.6. The Morgan fingerprint density at radius 1 is 1.11 bits per heavy atom. The van der Waals surface area contributed by atoms with E-state index < -0.39 is 16.8 Å². The lowest BCUT2D eigenvalue weighted by molar-refractivity contribution is -0.384. The average Bonchev–Trinajstić information content (AvgIpc) is 2.91. The van der Waals surface area contributed by atoms with Crippen LogP contribution in [0.2, 0.25) is 0 Å². The SMILES string of the molecule is CC[C@H](C)OC(=O)C1=C(C)NC2=C(C(=O)C[C@H](c3ccc(OC)c(OC)c3)C2)[C@H]1c1cccc([N+](=O)[O-])c1. The maximum Gasteiger partial charge on any atom is 0.337 e. The molecule has 0 fully saturated rings. The van der Waals surface area contributed by atoms with Crippen molar-refractivity contribution in [3.8, 4) is 11.5 Å². The highest BCUT2D eigenvalue weighted by Gasteiger charge is 2.42. The Morgan fingerprint density at radius 2 is 1.84 bits per heavy atom. The molecule has 0 saturated carbocycles. The highest BCUT2D eigenvalue weighted by Crippen LogP contribution is 2.47. The third-order valence-electron chi connectivity index (χ3n) is 7.22. The monoisotopic (exact) mass is 520 g/mol. The van der Waals surface area contributed by atoms with Gasteiger partial charge in [-0.05, 0) is 55.9 Å². The second-order valence-corrected chi connectivity index (χ2v) is 9.61. The smallest absolute Gasteiger partial charge is 0.337 e. The zero-order chi connectivity index (χ0) is 27.6. The van der Waals surface area contributed by atoms with Crippen LogP contribution in [0.4, 0.5) is 5.69 Å². The van der Waals surface area contributed by atoms with Crippen molar-refractivity contribution in [1.29, 1.82) is 0 Å². The fraction of sp³-hybridized carbons (Fsp3) is 0.379. The molecule has 0 unspecified atom stereocenters. The van der Waals surface area contributed by atoms with E-state index in [2.05, 4.69) is 5.32 Å². The Balaban J connectivity index is 1.80. The second kappa shape index (κ2) is 11.1. The number of ketones is 1. The number of nitro groups is 1. The number of rotatable bonds is 8. The number of esters is 1. The van der Waals surface area contributed by atoms with Crippen LogP contribution in [-0.4, -0.2) is 37.0 Å². The summed E-state index contributed by atoms with van der Waals surface area (Å²) in [6.45, 7) is 5.48. The van der Waals surface area contributed by atoms with Crippen LogP contribution in [0.15, 0.2) is 65.0 Å². The molecule has 1 N–H and O–H groups in total. The van der Waals surface area contributed by atoms with Gasteiger partial charge in [0.05, 0.1) is 30.8 Å². The van der Waals surface area contributed by atoms with Crippen molar-refractivity contribution in [2.24, 2.45) is 0 Å². The van der Waals surface area contributed by atoms with Crippen LogP contribution < -0.4 is 14.8 Å². The number of carbonyl (C=O) groups excluding carboxylic acids is 2. The van der Waals surface area contributed by atoms with Crippen molar-refractivity contribution in [3.63, 3.8) is 0 Å². The molecule has 38 heavy (non-hydrogen) atoms. The van der Waals surface area contributed by atoms with Gasteiger partial charge >= 0.3 is 5.97 Å². The van der Waals surface area contributed by atoms with Crippen molar-refractivity contribution in [2.45, 2.75) is 58.0 Å². The minimum absolute atomic E-state index is 0.109. The van der Waals surface area contributed by atoms with E-state index in [1.807, 2.05) is 25.1 Å². The van der Waals surface area contributed by atoms with Crippen molar-refractivity contribution < 1.29 is 28.7 Å². The largest absolute Gasteiger partial charge is 0.493 e. The average molecular weight is 521 g/mol. The summed E-state index contributed by atoms with van der Waals surface area (Å²) in [6, 6.07) is 11.7. The first-order valence-electron chi connectivity index (χ1n) is 12.6. The standard InChI is InChI=1S/C29H32N2O7/c1-6-16(2)38-29(33)26-17(3)30-22-13-20(18-10-11-24(36-4)25(15-18)37-5)14-23(32)28(22)27(26)19-8-7-9-21(12-19)31(34)35/h7-12,15-16,20,27,30H,6,13-14H2,1-5H3/t16-,20+,27-/m0/s1. The van der Waals surface area contributed by atoms with E-state index in [9.17, 15) is 19.7 Å². The molecule has 0 aromatic heterocycles. The van der Waals surface area contributed by atoms with E-state index >= 15 is 0 Å². The number of nitrogens with one attached hydrogen (secondary N) is 1. The van der Waals surface area contributed by atoms with Gasteiger partial charge in [0.2, 0.25) is 0 Å². The predicted octanol–water partition coefficient (Wildman–Crippen LogP) is 5.32. The number of dihydropyridines is 1. The van der Waals surface area contributed by atoms with E-state index in [0.29, 0.717) is 52.4 Å². The minimum Gasteiger partial charge on any atom is -0.493 e. The zero-order valence-electron chi connectivity index (χ0n) is 22.2. The van der Waals surface area contributed by atoms with Crippen molar-refractivity contribution in [3.05, 3.63) is 86.2 Å². The first-order chi connectivity index (χ1) is 18.2. The molecule has 3 atom stereocenters. The molecule has 2 aliphatic rings. The van der Waals surface area contributed by atoms with Gasteiger partial charge in [0, 0.05) is 41.4 Å². The number of allylic oxidation sites excluding steroid dienone is 3. The number of ether oxygens (including phenoxy) is 3. The molecular formula is C29H32N2O7. The van der Waals surface area contributed by atoms with Crippen LogP contribution in [0.3, 0.4) is 0 Å². The molecule has 0 bridgehead atoms. The number of hydrogen-bond donors (Lipinski definition) is 1. The van der Waals surface area contributed by atoms with E-state index in [1.54, 1.807) is 40.2 Å². The van der Waals surface area contributed by atoms with Crippen LogP contribution in [-0.2, 0) is 14.3 Å². The van der Waals surface area contributed by atoms with Crippen LogP contribution in [0.25, 0.3) is 0 Å². The van der Waals surface area contributed by atoms with E-state index in [-0.39, 0.29) is 29.9 Å². The molecule has 1 aliphatic carbocycles. The Labute approximate surface area is 221 Å². The summed E-state index contributed by atoms with van der Waals surface area (Å²) >= 11 is 0. The summed E-state index contributed by atoms with van der Waals surface area (Å²) in [6.07, 6.45) is 1.05. The molecule has 9 heteroatoms. The summed E-state index contributed by atoms with van der Waals surface area (Å²) < 4.78 is 16.5. The third-order valence-corrected chi connectivity index (χ3v) is 7.22. The van der Waals surface area contributed by atoms with Crippen molar-refractivity contribution >= 4 is 17.4 Å². The first kappa shape index (κ1) is 26.9. The highest BCUT2D eigenvalue weighted by atomic mass is 16.6. The van der Waals surface area contributed by atoms with Crippen molar-refractivity contribution in [1.82, 2.24) is 5.32 Å². The van der Waals surface area contributed by atoms with E-state index in [1.165, 1.54) is 12.1 Å². The van der Waals surface area contributed by atoms with Crippen LogP contribution in [0, 0.1) is 10.1 Å². The summed E-state index contributed by atoms with van der Waals surface area (Å²) in [5.74, 6) is -0.390. The van der Waals surface area contributed by atoms with Gasteiger partial charge in [-0.15, -0.1) is 0 Å². The lowest BCUT2D eigenvalue weighted by Crippen LogP contribution is -2.36. The Morgan fingerprint density at radius 3 is 2.50 bits per heavy atom. The van der Waals surface area contributed by atoms with E-state index in [4.69, 9.17) is 14.2 Å². The summed E-state index contributed by atoms with van der Waals surface area (Å²) in [5, 5.41) is 14.8. The molecule has 2 aromatic carbocycles. The summed E-state index contributed by atoms with van der Waals surface area (Å²) in [4.78, 5) is 38.2. The molecule has 4 rings (SSSR count). The summed E-state index contributed by atoms with van der Waals surface area (Å²) in [5.41, 5.74) is 3.33. The lowest BCUT2D eigenvalue weighted by atomic mass is 9.71. The van der Waals surface area contributed by atoms with Gasteiger partial charge in [-0.2, -0.15) is 0 Å². The number of hydrogen-bond acceptors (Lipinski definition) is 8. The Bertz CT molecular complexity index is 1340. The fourth-order valence-corrected chi connectivity index (χ4v) is 5.13. The second-order valence-electron chi connectivity index (χ2n) is 9.61. The molecule has 0 spiro atoms. The number of non-ortho nitro benzene ring substituents is 1. The number of benzene rings is 2. The van der Waals surface area contributed by atoms with Gasteiger partial charge in [-0.3, -0.25) is 14.9 Å². The van der Waals surface area contributed by atoms with Gasteiger partial charge in [0.1, 0.15) is 0 Å². The molecule has 0 saturated heterocycles. The molecule has 0 radical (unpaired) electrons. The summed E-state index contributed by atoms with van der Waals surface area (Å²) in [7, 11) is 3.13. The Hall–Kier alpha value is -4.14. The predicted molar refractivity (Wildman–Crippen MR) is 141 cm³/mol. The quantitative estimate of drug-likeness (QED) is 0.283. The molecule has 0 amide bonds. The van der Waals surface area contributed by atoms with Gasteiger partial charge in [-0.1, -0.05) is 25.1 Å². The number of carbonyl (C=O) groups is 2. The van der Waals surface area contributed by atoms with Gasteiger partial charge in [0.25, 0.3) is 5.69 Å². The maximum absolute atomic E-state index is 13.8. The third kappa shape index (κ3) is 5.14. The van der Waals surface area contributed by atoms with Gasteiger partial charge in [0.15, 0.2) is 17.3 Å². The minimum atomic E-state index is -0.776. The fourth-order valence-electron chi connectivity index (χ4n) is 5.13. The van der Waals surface area contributed by atoms with Crippen LogP contribution in [0.5, 0.6) is 11.5 Å². The van der Waals surface area contributed by atoms with Crippen LogP contribution in [0.1, 0.15) is 63.0 Å². The highest BCUT2D eigenvalue weighted by molar-refractivity contribution is 6.04. The molecule has 9 nitrogen and oxygen atoms in total. The zero-order valence-corrected chi connectivity index (χ0v) is 22.2. The Kier molecular flexibility index (Phi) is 7.85. The van der Waals surface area contributed by atoms with Gasteiger partial charge < -0.3 is 19.5 Å². The molecular weight excluding hydrogens is 488 g/mol.